The van der Waals surface area contributed by atoms with E-state index in [4.69, 9.17) is 9.47 Å². The van der Waals surface area contributed by atoms with Gasteiger partial charge in [0.25, 0.3) is 0 Å². The van der Waals surface area contributed by atoms with Crippen molar-refractivity contribution in [3.63, 3.8) is 0 Å². The van der Waals surface area contributed by atoms with Gasteiger partial charge in [-0.2, -0.15) is 0 Å². The van der Waals surface area contributed by atoms with Crippen LogP contribution in [0.1, 0.15) is 12.0 Å². The van der Waals surface area contributed by atoms with Crippen molar-refractivity contribution in [2.45, 2.75) is 12.8 Å². The summed E-state index contributed by atoms with van der Waals surface area (Å²) in [5.41, 5.74) is 1.38. The van der Waals surface area contributed by atoms with Crippen LogP contribution in [-0.4, -0.2) is 40.0 Å². The van der Waals surface area contributed by atoms with Crippen LogP contribution in [0.25, 0.3) is 0 Å². The lowest BCUT2D eigenvalue weighted by atomic mass is 10.1. The lowest BCUT2D eigenvalue weighted by Gasteiger charge is -2.06. The predicted molar refractivity (Wildman–Crippen MR) is 70.3 cm³/mol. The average Bonchev–Trinajstić information content (AvgIpc) is 2.38. The monoisotopic (exact) mass is 237 g/mol. The van der Waals surface area contributed by atoms with Crippen molar-refractivity contribution in [2.75, 3.05) is 40.0 Å². The van der Waals surface area contributed by atoms with Gasteiger partial charge in [0.2, 0.25) is 0 Å². The first-order valence-corrected chi connectivity index (χ1v) is 6.25. The molecule has 17 heavy (non-hydrogen) atoms. The highest BCUT2D eigenvalue weighted by molar-refractivity contribution is 5.14. The third-order valence-corrected chi connectivity index (χ3v) is 2.49. The molecule has 1 N–H and O–H groups in total. The second-order valence-electron chi connectivity index (χ2n) is 3.94. The van der Waals surface area contributed by atoms with E-state index in [1.54, 1.807) is 7.11 Å². The van der Waals surface area contributed by atoms with E-state index in [2.05, 4.69) is 29.6 Å². The minimum absolute atomic E-state index is 0.776. The van der Waals surface area contributed by atoms with E-state index < -0.39 is 0 Å². The molecule has 1 aromatic carbocycles. The summed E-state index contributed by atoms with van der Waals surface area (Å²) in [4.78, 5) is 0. The van der Waals surface area contributed by atoms with Crippen molar-refractivity contribution in [1.82, 2.24) is 5.32 Å². The maximum absolute atomic E-state index is 5.45. The summed E-state index contributed by atoms with van der Waals surface area (Å²) in [6.45, 7) is 4.26. The molecule has 3 heteroatoms. The van der Waals surface area contributed by atoms with Crippen molar-refractivity contribution in [1.29, 1.82) is 0 Å². The van der Waals surface area contributed by atoms with E-state index in [1.165, 1.54) is 5.56 Å². The Labute approximate surface area is 104 Å². The van der Waals surface area contributed by atoms with Gasteiger partial charge in [-0.15, -0.1) is 0 Å². The van der Waals surface area contributed by atoms with Crippen LogP contribution in [0, 0.1) is 0 Å². The average molecular weight is 237 g/mol. The smallest absolute Gasteiger partial charge is 0.0590 e. The fourth-order valence-electron chi connectivity index (χ4n) is 1.55. The first-order chi connectivity index (χ1) is 8.43. The van der Waals surface area contributed by atoms with Crippen LogP contribution >= 0.6 is 0 Å². The predicted octanol–water partition coefficient (Wildman–Crippen LogP) is 1.87. The Morgan fingerprint density at radius 2 is 1.82 bits per heavy atom. The third-order valence-electron chi connectivity index (χ3n) is 2.49. The molecule has 0 saturated heterocycles. The van der Waals surface area contributed by atoms with Crippen molar-refractivity contribution in [2.24, 2.45) is 0 Å². The second-order valence-corrected chi connectivity index (χ2v) is 3.94. The molecular weight excluding hydrogens is 214 g/mol. The molecule has 0 aliphatic rings. The van der Waals surface area contributed by atoms with E-state index in [-0.39, 0.29) is 0 Å². The molecule has 0 heterocycles. The van der Waals surface area contributed by atoms with Crippen molar-refractivity contribution in [3.8, 4) is 0 Å². The van der Waals surface area contributed by atoms with Crippen molar-refractivity contribution < 1.29 is 9.47 Å². The molecule has 1 rings (SSSR count). The number of rotatable bonds is 10. The number of methoxy groups -OCH3 is 1. The zero-order valence-electron chi connectivity index (χ0n) is 10.7. The minimum atomic E-state index is 0.776. The van der Waals surface area contributed by atoms with Crippen molar-refractivity contribution in [3.05, 3.63) is 35.9 Å². The number of ether oxygens (including phenoxy) is 2. The molecular formula is C14H23NO2. The summed E-state index contributed by atoms with van der Waals surface area (Å²) in [5.74, 6) is 0. The lowest BCUT2D eigenvalue weighted by Crippen LogP contribution is -2.22. The highest BCUT2D eigenvalue weighted by Gasteiger charge is 1.92. The summed E-state index contributed by atoms with van der Waals surface area (Å²) in [6.07, 6.45) is 2.05. The molecule has 96 valence electrons. The fourth-order valence-corrected chi connectivity index (χ4v) is 1.55. The summed E-state index contributed by atoms with van der Waals surface area (Å²) in [6, 6.07) is 10.5. The van der Waals surface area contributed by atoms with Gasteiger partial charge in [0, 0.05) is 26.9 Å². The fraction of sp³-hybridized carbons (Fsp3) is 0.571. The van der Waals surface area contributed by atoms with Gasteiger partial charge in [0.1, 0.15) is 0 Å². The molecule has 0 bridgehead atoms. The highest BCUT2D eigenvalue weighted by atomic mass is 16.5. The van der Waals surface area contributed by atoms with Crippen molar-refractivity contribution >= 4 is 0 Å². The molecule has 0 aromatic heterocycles. The van der Waals surface area contributed by atoms with Gasteiger partial charge in [-0.1, -0.05) is 30.3 Å². The Kier molecular flexibility index (Phi) is 8.55. The molecule has 3 nitrogen and oxygen atoms in total. The quantitative estimate of drug-likeness (QED) is 0.630. The van der Waals surface area contributed by atoms with Crippen LogP contribution in [0.4, 0.5) is 0 Å². The van der Waals surface area contributed by atoms with Gasteiger partial charge in [-0.05, 0) is 24.9 Å². The number of nitrogens with one attached hydrogen (secondary N) is 1. The Bertz CT molecular complexity index is 264. The second kappa shape index (κ2) is 10.3. The zero-order valence-corrected chi connectivity index (χ0v) is 10.7. The lowest BCUT2D eigenvalue weighted by molar-refractivity contribution is 0.104. The van der Waals surface area contributed by atoms with E-state index in [0.29, 0.717) is 0 Å². The van der Waals surface area contributed by atoms with E-state index in [9.17, 15) is 0 Å². The van der Waals surface area contributed by atoms with Gasteiger partial charge in [0.15, 0.2) is 0 Å². The van der Waals surface area contributed by atoms with Gasteiger partial charge in [-0.3, -0.25) is 0 Å². The molecule has 0 aliphatic heterocycles. The van der Waals surface area contributed by atoms with Gasteiger partial charge >= 0.3 is 0 Å². The summed E-state index contributed by atoms with van der Waals surface area (Å²) in [5, 5.41) is 3.37. The minimum Gasteiger partial charge on any atom is -0.385 e. The summed E-state index contributed by atoms with van der Waals surface area (Å²) < 4.78 is 10.4. The molecule has 0 radical (unpaired) electrons. The van der Waals surface area contributed by atoms with E-state index in [1.807, 2.05) is 6.07 Å². The molecule has 0 saturated carbocycles. The Morgan fingerprint density at radius 3 is 2.59 bits per heavy atom. The van der Waals surface area contributed by atoms with Gasteiger partial charge < -0.3 is 14.8 Å². The Morgan fingerprint density at radius 1 is 1.00 bits per heavy atom. The maximum atomic E-state index is 5.45. The third kappa shape index (κ3) is 7.91. The Hall–Kier alpha value is -0.900. The molecule has 0 atom stereocenters. The molecule has 1 aromatic rings. The van der Waals surface area contributed by atoms with Crippen LogP contribution in [0.5, 0.6) is 0 Å². The van der Waals surface area contributed by atoms with E-state index in [0.717, 1.165) is 45.8 Å². The van der Waals surface area contributed by atoms with Crippen LogP contribution in [0.2, 0.25) is 0 Å². The maximum Gasteiger partial charge on any atom is 0.0590 e. The van der Waals surface area contributed by atoms with Crippen LogP contribution in [-0.2, 0) is 15.9 Å². The first kappa shape index (κ1) is 14.2. The summed E-state index contributed by atoms with van der Waals surface area (Å²) >= 11 is 0. The summed E-state index contributed by atoms with van der Waals surface area (Å²) in [7, 11) is 1.71. The zero-order chi connectivity index (χ0) is 12.2. The topological polar surface area (TPSA) is 30.5 Å². The highest BCUT2D eigenvalue weighted by Crippen LogP contribution is 1.97. The standard InChI is InChI=1S/C14H23NO2/c1-16-11-5-12-17-13-10-15-9-8-14-6-3-2-4-7-14/h2-4,6-7,15H,5,8-13H2,1H3. The largest absolute Gasteiger partial charge is 0.385 e. The van der Waals surface area contributed by atoms with E-state index >= 15 is 0 Å². The Balaban J connectivity index is 1.85. The molecule has 0 amide bonds. The number of benzene rings is 1. The molecule has 0 aliphatic carbocycles. The van der Waals surface area contributed by atoms with Crippen LogP contribution in [0.15, 0.2) is 30.3 Å². The van der Waals surface area contributed by atoms with Crippen LogP contribution < -0.4 is 5.32 Å². The number of hydrogen-bond acceptors (Lipinski definition) is 3. The van der Waals surface area contributed by atoms with Crippen LogP contribution in [0.3, 0.4) is 0 Å². The molecule has 0 unspecified atom stereocenters. The normalized spacial score (nSPS) is 10.6. The van der Waals surface area contributed by atoms with Gasteiger partial charge in [-0.25, -0.2) is 0 Å². The van der Waals surface area contributed by atoms with Gasteiger partial charge in [0.05, 0.1) is 6.61 Å². The molecule has 0 fully saturated rings. The molecule has 0 spiro atoms. The number of hydrogen-bond donors (Lipinski definition) is 1. The SMILES string of the molecule is COCCCOCCNCCc1ccccc1. The first-order valence-electron chi connectivity index (χ1n) is 6.25.